The lowest BCUT2D eigenvalue weighted by Crippen LogP contribution is -1.96. The zero-order valence-electron chi connectivity index (χ0n) is 9.35. The molecule has 0 aliphatic carbocycles. The smallest absolute Gasteiger partial charge is 0.319 e. The highest BCUT2D eigenvalue weighted by atomic mass is 35.5. The van der Waals surface area contributed by atoms with E-state index in [1.165, 1.54) is 13.3 Å². The fraction of sp³-hybridized carbons (Fsp3) is 0.0909. The van der Waals surface area contributed by atoms with E-state index >= 15 is 0 Å². The number of ether oxygens (including phenoxy) is 2. The Balaban J connectivity index is 2.30. The van der Waals surface area contributed by atoms with Gasteiger partial charge < -0.3 is 15.2 Å². The minimum atomic E-state index is 0.163. The minimum absolute atomic E-state index is 0.163. The van der Waals surface area contributed by atoms with Crippen LogP contribution in [0.4, 0.5) is 5.69 Å². The third-order valence-electron chi connectivity index (χ3n) is 2.06. The van der Waals surface area contributed by atoms with Crippen LogP contribution >= 0.6 is 23.2 Å². The maximum Gasteiger partial charge on any atom is 0.319 e. The van der Waals surface area contributed by atoms with Crippen LogP contribution in [-0.4, -0.2) is 17.1 Å². The first-order valence-corrected chi connectivity index (χ1v) is 5.65. The number of hydrogen-bond donors (Lipinski definition) is 1. The monoisotopic (exact) mass is 285 g/mol. The number of aromatic nitrogens is 2. The lowest BCUT2D eigenvalue weighted by Gasteiger charge is -2.08. The summed E-state index contributed by atoms with van der Waals surface area (Å²) >= 11 is 11.8. The number of benzene rings is 1. The van der Waals surface area contributed by atoms with Crippen molar-refractivity contribution in [3.63, 3.8) is 0 Å². The summed E-state index contributed by atoms with van der Waals surface area (Å²) in [4.78, 5) is 7.82. The van der Waals surface area contributed by atoms with Crippen LogP contribution in [-0.2, 0) is 0 Å². The molecule has 18 heavy (non-hydrogen) atoms. The van der Waals surface area contributed by atoms with Gasteiger partial charge in [0.25, 0.3) is 0 Å². The molecular formula is C11H9Cl2N3O2. The van der Waals surface area contributed by atoms with Gasteiger partial charge in [0.05, 0.1) is 24.0 Å². The largest absolute Gasteiger partial charge is 0.467 e. The fourth-order valence-electron chi connectivity index (χ4n) is 1.19. The van der Waals surface area contributed by atoms with Gasteiger partial charge in [-0.05, 0) is 12.1 Å². The SMILES string of the molecule is COc1ncc(Cl)c(Oc2ccc(N)c(Cl)c2)n1. The van der Waals surface area contributed by atoms with Crippen LogP contribution in [0.5, 0.6) is 17.6 Å². The molecule has 0 spiro atoms. The summed E-state index contributed by atoms with van der Waals surface area (Å²) in [5, 5.41) is 0.661. The number of anilines is 1. The van der Waals surface area contributed by atoms with E-state index in [9.17, 15) is 0 Å². The summed E-state index contributed by atoms with van der Waals surface area (Å²) in [5.74, 6) is 0.654. The van der Waals surface area contributed by atoms with Gasteiger partial charge in [0, 0.05) is 6.07 Å². The van der Waals surface area contributed by atoms with Crippen molar-refractivity contribution in [2.24, 2.45) is 0 Å². The second-order valence-electron chi connectivity index (χ2n) is 3.30. The van der Waals surface area contributed by atoms with Gasteiger partial charge in [-0.25, -0.2) is 4.98 Å². The van der Waals surface area contributed by atoms with Gasteiger partial charge in [0.2, 0.25) is 5.88 Å². The molecule has 0 radical (unpaired) electrons. The van der Waals surface area contributed by atoms with Crippen LogP contribution in [0.25, 0.3) is 0 Å². The number of methoxy groups -OCH3 is 1. The van der Waals surface area contributed by atoms with Crippen molar-refractivity contribution in [1.82, 2.24) is 9.97 Å². The zero-order chi connectivity index (χ0) is 13.1. The number of nitrogen functional groups attached to an aromatic ring is 1. The highest BCUT2D eigenvalue weighted by Crippen LogP contribution is 2.31. The Bertz CT molecular complexity index is 578. The molecule has 1 aromatic carbocycles. The second kappa shape index (κ2) is 5.29. The maximum atomic E-state index is 5.91. The summed E-state index contributed by atoms with van der Waals surface area (Å²) in [6.45, 7) is 0. The summed E-state index contributed by atoms with van der Waals surface area (Å²) in [7, 11) is 1.45. The van der Waals surface area contributed by atoms with E-state index in [4.69, 9.17) is 38.4 Å². The van der Waals surface area contributed by atoms with Gasteiger partial charge in [0.1, 0.15) is 10.8 Å². The predicted molar refractivity (Wildman–Crippen MR) is 69.5 cm³/mol. The van der Waals surface area contributed by atoms with Gasteiger partial charge in [-0.1, -0.05) is 23.2 Å². The van der Waals surface area contributed by atoms with E-state index in [1.54, 1.807) is 18.2 Å². The van der Waals surface area contributed by atoms with Crippen molar-refractivity contribution < 1.29 is 9.47 Å². The van der Waals surface area contributed by atoms with E-state index in [0.717, 1.165) is 0 Å². The standard InChI is InChI=1S/C11H9Cl2N3O2/c1-17-11-15-5-8(13)10(16-11)18-6-2-3-9(14)7(12)4-6/h2-5H,14H2,1H3. The molecule has 0 unspecified atom stereocenters. The van der Waals surface area contributed by atoms with Crippen molar-refractivity contribution in [2.45, 2.75) is 0 Å². The van der Waals surface area contributed by atoms with E-state index in [1.807, 2.05) is 0 Å². The van der Waals surface area contributed by atoms with Crippen LogP contribution in [0.2, 0.25) is 10.0 Å². The Labute approximate surface area is 113 Å². The highest BCUT2D eigenvalue weighted by molar-refractivity contribution is 6.33. The predicted octanol–water partition coefficient (Wildman–Crippen LogP) is 3.17. The van der Waals surface area contributed by atoms with Crippen LogP contribution in [0.3, 0.4) is 0 Å². The number of nitrogens with two attached hydrogens (primary N) is 1. The Morgan fingerprint density at radius 2 is 2.00 bits per heavy atom. The molecule has 0 saturated heterocycles. The Kier molecular flexibility index (Phi) is 3.74. The Morgan fingerprint density at radius 1 is 1.22 bits per heavy atom. The summed E-state index contributed by atoms with van der Waals surface area (Å²) in [6.07, 6.45) is 1.39. The Morgan fingerprint density at radius 3 is 2.67 bits per heavy atom. The Hall–Kier alpha value is -1.72. The highest BCUT2D eigenvalue weighted by Gasteiger charge is 2.09. The average Bonchev–Trinajstić information content (AvgIpc) is 2.36. The summed E-state index contributed by atoms with van der Waals surface area (Å²) < 4.78 is 10.4. The van der Waals surface area contributed by atoms with Crippen LogP contribution in [0.15, 0.2) is 24.4 Å². The van der Waals surface area contributed by atoms with Crippen LogP contribution in [0, 0.1) is 0 Å². The number of rotatable bonds is 3. The first kappa shape index (κ1) is 12.7. The van der Waals surface area contributed by atoms with E-state index in [0.29, 0.717) is 16.5 Å². The molecule has 2 N–H and O–H groups in total. The molecule has 7 heteroatoms. The summed E-state index contributed by atoms with van der Waals surface area (Å²) in [6, 6.07) is 5.02. The molecule has 0 atom stereocenters. The van der Waals surface area contributed by atoms with Gasteiger partial charge in [0.15, 0.2) is 0 Å². The normalized spacial score (nSPS) is 10.2. The number of halogens is 2. The minimum Gasteiger partial charge on any atom is -0.467 e. The summed E-state index contributed by atoms with van der Waals surface area (Å²) in [5.41, 5.74) is 6.07. The van der Waals surface area contributed by atoms with Crippen molar-refractivity contribution in [2.75, 3.05) is 12.8 Å². The van der Waals surface area contributed by atoms with Gasteiger partial charge in [-0.15, -0.1) is 0 Å². The van der Waals surface area contributed by atoms with E-state index < -0.39 is 0 Å². The quantitative estimate of drug-likeness (QED) is 0.877. The molecule has 0 amide bonds. The first-order valence-electron chi connectivity index (χ1n) is 4.89. The van der Waals surface area contributed by atoms with Crippen molar-refractivity contribution in [1.29, 1.82) is 0 Å². The maximum absolute atomic E-state index is 5.91. The molecule has 0 saturated carbocycles. The number of hydrogen-bond acceptors (Lipinski definition) is 5. The van der Waals surface area contributed by atoms with Crippen molar-refractivity contribution in [3.8, 4) is 17.6 Å². The van der Waals surface area contributed by atoms with Gasteiger partial charge >= 0.3 is 6.01 Å². The topological polar surface area (TPSA) is 70.3 Å². The van der Waals surface area contributed by atoms with Gasteiger partial charge in [-0.2, -0.15) is 4.98 Å². The van der Waals surface area contributed by atoms with Gasteiger partial charge in [-0.3, -0.25) is 0 Å². The molecule has 5 nitrogen and oxygen atoms in total. The third-order valence-corrected chi connectivity index (χ3v) is 2.65. The zero-order valence-corrected chi connectivity index (χ0v) is 10.9. The van der Waals surface area contributed by atoms with Crippen LogP contribution < -0.4 is 15.2 Å². The lowest BCUT2D eigenvalue weighted by atomic mass is 10.3. The first-order chi connectivity index (χ1) is 8.60. The lowest BCUT2D eigenvalue weighted by molar-refractivity contribution is 0.366. The molecular weight excluding hydrogens is 277 g/mol. The molecule has 0 aliphatic rings. The molecule has 94 valence electrons. The van der Waals surface area contributed by atoms with E-state index in [2.05, 4.69) is 9.97 Å². The van der Waals surface area contributed by atoms with E-state index in [-0.39, 0.29) is 16.9 Å². The molecule has 0 aliphatic heterocycles. The molecule has 0 fully saturated rings. The number of nitrogens with zero attached hydrogens (tertiary/aromatic N) is 2. The molecule has 0 bridgehead atoms. The second-order valence-corrected chi connectivity index (χ2v) is 4.11. The van der Waals surface area contributed by atoms with Crippen molar-refractivity contribution >= 4 is 28.9 Å². The fourth-order valence-corrected chi connectivity index (χ4v) is 1.49. The molecule has 2 rings (SSSR count). The molecule has 2 aromatic rings. The molecule has 1 heterocycles. The molecule has 1 aromatic heterocycles. The van der Waals surface area contributed by atoms with Crippen molar-refractivity contribution in [3.05, 3.63) is 34.4 Å². The third kappa shape index (κ3) is 2.75. The average molecular weight is 286 g/mol. The van der Waals surface area contributed by atoms with Crippen LogP contribution in [0.1, 0.15) is 0 Å².